The largest absolute Gasteiger partial charge is 0.449 e. The molecule has 1 aromatic carbocycles. The summed E-state index contributed by atoms with van der Waals surface area (Å²) in [6.07, 6.45) is -1.23. The highest BCUT2D eigenvalue weighted by Gasteiger charge is 2.46. The number of fused-ring (bicyclic) bond motifs is 3. The van der Waals surface area contributed by atoms with E-state index < -0.39 is 12.0 Å². The molecular formula is C19H20F3N3S. The molecule has 0 N–H and O–H groups in total. The molecule has 0 aliphatic carbocycles. The fraction of sp³-hybridized carbons (Fsp3) is 0.474. The second-order valence-electron chi connectivity index (χ2n) is 7.06. The van der Waals surface area contributed by atoms with E-state index in [4.69, 9.17) is 6.92 Å². The van der Waals surface area contributed by atoms with Gasteiger partial charge in [0.25, 0.3) is 0 Å². The first kappa shape index (κ1) is 17.9. The summed E-state index contributed by atoms with van der Waals surface area (Å²) in [5.41, 5.74) is 0.629. The molecule has 4 heterocycles. The van der Waals surface area contributed by atoms with Crippen LogP contribution in [-0.2, 0) is 6.18 Å². The fourth-order valence-corrected chi connectivity index (χ4v) is 5.21. The van der Waals surface area contributed by atoms with Crippen molar-refractivity contribution >= 4 is 11.8 Å². The number of aromatic nitrogens is 2. The minimum Gasteiger partial charge on any atom is -0.310 e. The number of halogens is 3. The van der Waals surface area contributed by atoms with Crippen molar-refractivity contribution in [2.45, 2.75) is 47.9 Å². The average Bonchev–Trinajstić information content (AvgIpc) is 3.01. The summed E-state index contributed by atoms with van der Waals surface area (Å²) in [6.45, 7) is 9.68. The van der Waals surface area contributed by atoms with Gasteiger partial charge in [-0.2, -0.15) is 13.2 Å². The molecule has 1 aromatic heterocycles. The van der Waals surface area contributed by atoms with Crippen LogP contribution in [0.1, 0.15) is 37.2 Å². The van der Waals surface area contributed by atoms with E-state index in [9.17, 15) is 13.2 Å². The molecule has 138 valence electrons. The molecule has 2 bridgehead atoms. The Kier molecular flexibility index (Phi) is 4.55. The Labute approximate surface area is 155 Å². The Morgan fingerprint density at radius 3 is 2.38 bits per heavy atom. The average molecular weight is 379 g/mol. The van der Waals surface area contributed by atoms with Gasteiger partial charge in [0.2, 0.25) is 5.82 Å². The van der Waals surface area contributed by atoms with E-state index in [1.165, 1.54) is 22.5 Å². The summed E-state index contributed by atoms with van der Waals surface area (Å²) < 4.78 is 42.4. The van der Waals surface area contributed by atoms with Crippen molar-refractivity contribution < 1.29 is 13.2 Å². The number of hydrogen-bond donors (Lipinski definition) is 0. The zero-order chi connectivity index (χ0) is 18.5. The van der Waals surface area contributed by atoms with Crippen LogP contribution in [0.15, 0.2) is 40.4 Å². The quantitative estimate of drug-likeness (QED) is 0.767. The Hall–Kier alpha value is -1.47. The molecule has 2 aromatic rings. The lowest BCUT2D eigenvalue weighted by molar-refractivity contribution is -0.151. The van der Waals surface area contributed by atoms with E-state index >= 15 is 0 Å². The zero-order valence-corrected chi connectivity index (χ0v) is 15.2. The van der Waals surface area contributed by atoms with Gasteiger partial charge in [-0.3, -0.25) is 4.90 Å². The summed E-state index contributed by atoms with van der Waals surface area (Å²) >= 11 is 1.31. The SMILES string of the molecule is [CH]c1ccc(Sc2cnc(C(F)(F)F)n2[C@@H]2C3CCN(CC3)[C@H]2C)cc1. The molecule has 5 rings (SSSR count). The smallest absolute Gasteiger partial charge is 0.310 e. The molecule has 3 fully saturated rings. The number of hydrogen-bond acceptors (Lipinski definition) is 3. The van der Waals surface area contributed by atoms with Gasteiger partial charge in [0.1, 0.15) is 5.03 Å². The first-order valence-electron chi connectivity index (χ1n) is 8.76. The Balaban J connectivity index is 1.76. The molecule has 0 unspecified atom stereocenters. The third kappa shape index (κ3) is 3.16. The van der Waals surface area contributed by atoms with Crippen molar-refractivity contribution in [2.24, 2.45) is 5.92 Å². The molecule has 0 spiro atoms. The van der Waals surface area contributed by atoms with E-state index in [0.717, 1.165) is 30.8 Å². The molecule has 3 saturated heterocycles. The molecule has 3 aliphatic rings. The minimum absolute atomic E-state index is 0.0727. The maximum absolute atomic E-state index is 13.7. The van der Waals surface area contributed by atoms with E-state index in [0.29, 0.717) is 10.6 Å². The Morgan fingerprint density at radius 2 is 1.81 bits per heavy atom. The highest BCUT2D eigenvalue weighted by atomic mass is 32.2. The second kappa shape index (κ2) is 6.60. The van der Waals surface area contributed by atoms with Crippen LogP contribution in [0.2, 0.25) is 0 Å². The predicted molar refractivity (Wildman–Crippen MR) is 94.0 cm³/mol. The first-order valence-corrected chi connectivity index (χ1v) is 9.58. The third-order valence-electron chi connectivity index (χ3n) is 5.54. The molecule has 26 heavy (non-hydrogen) atoms. The summed E-state index contributed by atoms with van der Waals surface area (Å²) in [6, 6.07) is 7.03. The highest BCUT2D eigenvalue weighted by Crippen LogP contribution is 2.45. The van der Waals surface area contributed by atoms with Crippen LogP contribution in [0.4, 0.5) is 13.2 Å². The van der Waals surface area contributed by atoms with Crippen LogP contribution in [0, 0.1) is 12.8 Å². The van der Waals surface area contributed by atoms with Crippen molar-refractivity contribution in [1.82, 2.24) is 14.5 Å². The summed E-state index contributed by atoms with van der Waals surface area (Å²) in [5.74, 6) is -0.530. The Bertz CT molecular complexity index is 774. The lowest BCUT2D eigenvalue weighted by atomic mass is 9.79. The zero-order valence-electron chi connectivity index (χ0n) is 14.4. The van der Waals surface area contributed by atoms with Gasteiger partial charge >= 0.3 is 6.18 Å². The van der Waals surface area contributed by atoms with Crippen LogP contribution in [0.5, 0.6) is 0 Å². The van der Waals surface area contributed by atoms with Gasteiger partial charge in [-0.05, 0) is 63.4 Å². The third-order valence-corrected chi connectivity index (χ3v) is 6.56. The van der Waals surface area contributed by atoms with Crippen LogP contribution in [-0.4, -0.2) is 33.6 Å². The number of nitrogens with zero attached hydrogens (tertiary/aromatic N) is 3. The number of piperidine rings is 3. The lowest BCUT2D eigenvalue weighted by Crippen LogP contribution is -2.54. The number of benzene rings is 1. The van der Waals surface area contributed by atoms with Crippen LogP contribution in [0.25, 0.3) is 0 Å². The first-order chi connectivity index (χ1) is 12.3. The maximum atomic E-state index is 13.7. The van der Waals surface area contributed by atoms with E-state index in [2.05, 4.69) is 9.88 Å². The van der Waals surface area contributed by atoms with E-state index in [1.54, 1.807) is 12.1 Å². The second-order valence-corrected chi connectivity index (χ2v) is 8.16. The molecule has 3 nitrogen and oxygen atoms in total. The van der Waals surface area contributed by atoms with Crippen molar-refractivity contribution in [3.8, 4) is 0 Å². The Morgan fingerprint density at radius 1 is 1.15 bits per heavy atom. The molecule has 0 saturated carbocycles. The van der Waals surface area contributed by atoms with Gasteiger partial charge in [-0.25, -0.2) is 4.98 Å². The molecular weight excluding hydrogens is 359 g/mol. The fourth-order valence-electron chi connectivity index (χ4n) is 4.28. The summed E-state index contributed by atoms with van der Waals surface area (Å²) in [4.78, 5) is 6.91. The van der Waals surface area contributed by atoms with Crippen molar-refractivity contribution in [2.75, 3.05) is 13.1 Å². The van der Waals surface area contributed by atoms with E-state index in [1.807, 2.05) is 19.1 Å². The van der Waals surface area contributed by atoms with Crippen LogP contribution in [0.3, 0.4) is 0 Å². The minimum atomic E-state index is -4.47. The van der Waals surface area contributed by atoms with Crippen LogP contribution >= 0.6 is 11.8 Å². The van der Waals surface area contributed by atoms with Gasteiger partial charge < -0.3 is 4.57 Å². The van der Waals surface area contributed by atoms with Crippen molar-refractivity contribution in [3.63, 3.8) is 0 Å². The highest BCUT2D eigenvalue weighted by molar-refractivity contribution is 7.99. The molecule has 0 amide bonds. The number of imidazole rings is 1. The number of alkyl halides is 3. The van der Waals surface area contributed by atoms with E-state index in [-0.39, 0.29) is 18.0 Å². The molecule has 2 radical (unpaired) electrons. The maximum Gasteiger partial charge on any atom is 0.449 e. The molecule has 3 aliphatic heterocycles. The van der Waals surface area contributed by atoms with Gasteiger partial charge in [0.05, 0.1) is 12.2 Å². The number of rotatable bonds is 3. The van der Waals surface area contributed by atoms with Gasteiger partial charge in [-0.15, -0.1) is 0 Å². The van der Waals surface area contributed by atoms with Gasteiger partial charge in [0, 0.05) is 10.9 Å². The normalized spacial score (nSPS) is 28.5. The van der Waals surface area contributed by atoms with Gasteiger partial charge in [0.15, 0.2) is 0 Å². The van der Waals surface area contributed by atoms with Gasteiger partial charge in [-0.1, -0.05) is 23.9 Å². The lowest BCUT2D eigenvalue weighted by Gasteiger charge is -2.50. The summed E-state index contributed by atoms with van der Waals surface area (Å²) in [7, 11) is 0. The summed E-state index contributed by atoms with van der Waals surface area (Å²) in [5, 5.41) is 0.535. The van der Waals surface area contributed by atoms with Crippen molar-refractivity contribution in [1.29, 1.82) is 0 Å². The molecule has 2 atom stereocenters. The van der Waals surface area contributed by atoms with Crippen LogP contribution < -0.4 is 0 Å². The monoisotopic (exact) mass is 379 g/mol. The molecule has 7 heteroatoms. The predicted octanol–water partition coefficient (Wildman–Crippen LogP) is 4.77. The topological polar surface area (TPSA) is 21.1 Å². The van der Waals surface area contributed by atoms with Crippen molar-refractivity contribution in [3.05, 3.63) is 48.8 Å². The standard InChI is InChI=1S/C19H20F3N3S/c1-12-3-5-15(6-4-12)26-16-11-23-18(19(20,21)22)25(16)17-13(2)24-9-7-14(17)8-10-24/h1,3-6,11,13-14,17H,7-10H2,2H3/t13-,17-/m0/s1.